The van der Waals surface area contributed by atoms with Gasteiger partial charge in [-0.05, 0) is 36.2 Å². The van der Waals surface area contributed by atoms with Crippen molar-refractivity contribution in [1.82, 2.24) is 4.98 Å². The molecule has 0 unspecified atom stereocenters. The van der Waals surface area contributed by atoms with E-state index in [2.05, 4.69) is 50.1 Å². The largest absolute Gasteiger partial charge is 0.462 e. The number of halogens is 1. The summed E-state index contributed by atoms with van der Waals surface area (Å²) in [5.74, 6) is -0.363. The topological polar surface area (TPSA) is 42.4 Å². The molecule has 0 saturated carbocycles. The van der Waals surface area contributed by atoms with E-state index in [1.165, 1.54) is 0 Å². The summed E-state index contributed by atoms with van der Waals surface area (Å²) >= 11 is 3.58. The quantitative estimate of drug-likeness (QED) is 0.291. The number of nitrogens with zero attached hydrogens (tertiary/aromatic N) is 2. The predicted octanol–water partition coefficient (Wildman–Crippen LogP) is 6.38. The van der Waals surface area contributed by atoms with E-state index in [9.17, 15) is 4.79 Å². The summed E-state index contributed by atoms with van der Waals surface area (Å²) in [5, 5.41) is 0.909. The van der Waals surface area contributed by atoms with Gasteiger partial charge in [0, 0.05) is 29.1 Å². The lowest BCUT2D eigenvalue weighted by molar-refractivity contribution is 0.0526. The number of anilines is 1. The first-order valence-corrected chi connectivity index (χ1v) is 11.0. The zero-order valence-electron chi connectivity index (χ0n) is 17.3. The van der Waals surface area contributed by atoms with Gasteiger partial charge in [-0.2, -0.15) is 0 Å². The van der Waals surface area contributed by atoms with Crippen molar-refractivity contribution in [3.63, 3.8) is 0 Å². The Hall–Kier alpha value is -3.18. The molecule has 4 aromatic rings. The average Bonchev–Trinajstić information content (AvgIpc) is 2.79. The highest BCUT2D eigenvalue weighted by Crippen LogP contribution is 2.34. The first kappa shape index (κ1) is 21.1. The summed E-state index contributed by atoms with van der Waals surface area (Å²) in [7, 11) is 0. The molecule has 0 saturated heterocycles. The maximum atomic E-state index is 12.9. The molecule has 0 N–H and O–H groups in total. The van der Waals surface area contributed by atoms with Crippen LogP contribution in [0.3, 0.4) is 0 Å². The molecule has 1 heterocycles. The lowest BCUT2D eigenvalue weighted by Crippen LogP contribution is -2.25. The molecule has 31 heavy (non-hydrogen) atoms. The predicted molar refractivity (Wildman–Crippen MR) is 128 cm³/mol. The van der Waals surface area contributed by atoms with Gasteiger partial charge >= 0.3 is 5.97 Å². The lowest BCUT2D eigenvalue weighted by atomic mass is 10.1. The minimum absolute atomic E-state index is 0.312. The number of fused-ring (bicyclic) bond motifs is 1. The Bertz CT molecular complexity index is 1140. The van der Waals surface area contributed by atoms with E-state index in [-0.39, 0.29) is 5.97 Å². The number of carbonyl (C=O) groups is 1. The van der Waals surface area contributed by atoms with Crippen molar-refractivity contribution in [3.8, 4) is 0 Å². The number of aromatic nitrogens is 1. The first-order valence-electron chi connectivity index (χ1n) is 10.2. The smallest absolute Gasteiger partial charge is 0.341 e. The van der Waals surface area contributed by atoms with Crippen LogP contribution in [0.25, 0.3) is 10.9 Å². The second-order valence-electron chi connectivity index (χ2n) is 7.23. The van der Waals surface area contributed by atoms with E-state index in [1.807, 2.05) is 61.5 Å². The van der Waals surface area contributed by atoms with Crippen LogP contribution >= 0.6 is 15.9 Å². The fourth-order valence-electron chi connectivity index (χ4n) is 3.67. The van der Waals surface area contributed by atoms with Gasteiger partial charge in [-0.15, -0.1) is 0 Å². The van der Waals surface area contributed by atoms with Gasteiger partial charge in [0.05, 0.1) is 17.8 Å². The number of ether oxygens (including phenoxy) is 1. The van der Waals surface area contributed by atoms with E-state index in [1.54, 1.807) is 6.20 Å². The molecular weight excluding hydrogens is 452 g/mol. The van der Waals surface area contributed by atoms with Crippen LogP contribution in [0.1, 0.15) is 28.4 Å². The molecule has 5 heteroatoms. The standard InChI is InChI=1S/C26H23BrN2O2/c1-2-31-26(30)23-16-28-24-14-13-21(27)15-22(24)25(23)29(17-19-9-5-3-6-10-19)18-20-11-7-4-8-12-20/h3-16H,2,17-18H2,1H3. The van der Waals surface area contributed by atoms with Gasteiger partial charge in [-0.1, -0.05) is 76.6 Å². The van der Waals surface area contributed by atoms with Crippen molar-refractivity contribution in [2.45, 2.75) is 20.0 Å². The number of pyridine rings is 1. The molecule has 0 aliphatic rings. The average molecular weight is 475 g/mol. The Kier molecular flexibility index (Phi) is 6.63. The summed E-state index contributed by atoms with van der Waals surface area (Å²) in [5.41, 5.74) is 4.45. The maximum Gasteiger partial charge on any atom is 0.341 e. The summed E-state index contributed by atoms with van der Waals surface area (Å²) in [6.07, 6.45) is 1.63. The molecule has 0 amide bonds. The molecule has 4 nitrogen and oxygen atoms in total. The van der Waals surface area contributed by atoms with E-state index in [0.717, 1.165) is 32.2 Å². The monoisotopic (exact) mass is 474 g/mol. The molecule has 0 radical (unpaired) electrons. The molecule has 156 valence electrons. The minimum atomic E-state index is -0.363. The van der Waals surface area contributed by atoms with Crippen LogP contribution in [0.4, 0.5) is 5.69 Å². The maximum absolute atomic E-state index is 12.9. The van der Waals surface area contributed by atoms with Crippen LogP contribution in [0.5, 0.6) is 0 Å². The van der Waals surface area contributed by atoms with Crippen LogP contribution in [0, 0.1) is 0 Å². The van der Waals surface area contributed by atoms with Crippen LogP contribution in [0.15, 0.2) is 89.5 Å². The third kappa shape index (κ3) is 4.94. The van der Waals surface area contributed by atoms with E-state index < -0.39 is 0 Å². The van der Waals surface area contributed by atoms with Gasteiger partial charge in [-0.25, -0.2) is 4.79 Å². The van der Waals surface area contributed by atoms with Crippen LogP contribution in [-0.4, -0.2) is 17.6 Å². The van der Waals surface area contributed by atoms with Crippen LogP contribution < -0.4 is 4.90 Å². The van der Waals surface area contributed by atoms with E-state index in [0.29, 0.717) is 25.3 Å². The minimum Gasteiger partial charge on any atom is -0.462 e. The molecule has 1 aromatic heterocycles. The fraction of sp³-hybridized carbons (Fsp3) is 0.154. The second-order valence-corrected chi connectivity index (χ2v) is 8.15. The Morgan fingerprint density at radius 1 is 0.935 bits per heavy atom. The van der Waals surface area contributed by atoms with Crippen molar-refractivity contribution in [3.05, 3.63) is 106 Å². The van der Waals surface area contributed by atoms with Gasteiger partial charge in [0.15, 0.2) is 0 Å². The van der Waals surface area contributed by atoms with Gasteiger partial charge in [0.1, 0.15) is 5.56 Å². The normalized spacial score (nSPS) is 10.8. The van der Waals surface area contributed by atoms with Crippen LogP contribution in [-0.2, 0) is 17.8 Å². The molecular formula is C26H23BrN2O2. The molecule has 0 aliphatic heterocycles. The zero-order valence-corrected chi connectivity index (χ0v) is 18.9. The fourth-order valence-corrected chi connectivity index (χ4v) is 4.03. The van der Waals surface area contributed by atoms with Gasteiger partial charge in [-0.3, -0.25) is 4.98 Å². The highest BCUT2D eigenvalue weighted by molar-refractivity contribution is 9.10. The summed E-state index contributed by atoms with van der Waals surface area (Å²) < 4.78 is 6.31. The number of rotatable bonds is 7. The molecule has 0 fully saturated rings. The summed E-state index contributed by atoms with van der Waals surface area (Å²) in [6, 6.07) is 26.5. The second kappa shape index (κ2) is 9.75. The number of hydrogen-bond acceptors (Lipinski definition) is 4. The Balaban J connectivity index is 1.90. The molecule has 4 rings (SSSR count). The lowest BCUT2D eigenvalue weighted by Gasteiger charge is -2.28. The summed E-state index contributed by atoms with van der Waals surface area (Å²) in [6.45, 7) is 3.42. The van der Waals surface area contributed by atoms with Crippen molar-refractivity contribution in [2.24, 2.45) is 0 Å². The van der Waals surface area contributed by atoms with Crippen molar-refractivity contribution < 1.29 is 9.53 Å². The molecule has 3 aromatic carbocycles. The summed E-state index contributed by atoms with van der Waals surface area (Å²) in [4.78, 5) is 19.7. The van der Waals surface area contributed by atoms with Crippen LogP contribution in [0.2, 0.25) is 0 Å². The Labute approximate surface area is 190 Å². The van der Waals surface area contributed by atoms with Crippen molar-refractivity contribution in [1.29, 1.82) is 0 Å². The van der Waals surface area contributed by atoms with Crippen molar-refractivity contribution >= 4 is 38.5 Å². The highest BCUT2D eigenvalue weighted by atomic mass is 79.9. The van der Waals surface area contributed by atoms with E-state index in [4.69, 9.17) is 4.74 Å². The highest BCUT2D eigenvalue weighted by Gasteiger charge is 2.22. The van der Waals surface area contributed by atoms with Gasteiger partial charge in [0.2, 0.25) is 0 Å². The molecule has 0 spiro atoms. The first-order chi connectivity index (χ1) is 15.2. The molecule has 0 atom stereocenters. The van der Waals surface area contributed by atoms with Gasteiger partial charge in [0.25, 0.3) is 0 Å². The zero-order chi connectivity index (χ0) is 21.6. The van der Waals surface area contributed by atoms with Crippen molar-refractivity contribution in [2.75, 3.05) is 11.5 Å². The Morgan fingerprint density at radius 2 is 1.55 bits per heavy atom. The molecule has 0 aliphatic carbocycles. The third-order valence-electron chi connectivity index (χ3n) is 5.05. The number of benzene rings is 3. The van der Waals surface area contributed by atoms with E-state index >= 15 is 0 Å². The van der Waals surface area contributed by atoms with Gasteiger partial charge < -0.3 is 9.64 Å². The molecule has 0 bridgehead atoms. The number of carbonyl (C=O) groups excluding carboxylic acids is 1. The third-order valence-corrected chi connectivity index (χ3v) is 5.54. The Morgan fingerprint density at radius 3 is 2.13 bits per heavy atom. The SMILES string of the molecule is CCOC(=O)c1cnc2ccc(Br)cc2c1N(Cc1ccccc1)Cc1ccccc1. The number of hydrogen-bond donors (Lipinski definition) is 0. The number of esters is 1.